The van der Waals surface area contributed by atoms with Crippen LogP contribution in [0.5, 0.6) is 0 Å². The molecule has 2 aromatic carbocycles. The number of hydrogen-bond donors (Lipinski definition) is 0. The topological polar surface area (TPSA) is 70.6 Å². The molecule has 174 valence electrons. The van der Waals surface area contributed by atoms with Crippen LogP contribution in [0, 0.1) is 6.92 Å². The van der Waals surface area contributed by atoms with Gasteiger partial charge >= 0.3 is 0 Å². The second kappa shape index (κ2) is 10.9. The number of carbonyl (C=O) groups excluding carboxylic acids is 1. The molecule has 0 unspecified atom stereocenters. The summed E-state index contributed by atoms with van der Waals surface area (Å²) in [6.07, 6.45) is 3.40. The van der Waals surface area contributed by atoms with Crippen LogP contribution in [0.2, 0.25) is 5.02 Å². The fourth-order valence-electron chi connectivity index (χ4n) is 3.62. The van der Waals surface area contributed by atoms with E-state index in [4.69, 9.17) is 11.6 Å². The first-order valence-corrected chi connectivity index (χ1v) is 12.6. The molecule has 0 aliphatic heterocycles. The van der Waals surface area contributed by atoms with Crippen molar-refractivity contribution >= 4 is 27.5 Å². The molecule has 0 N–H and O–H groups in total. The van der Waals surface area contributed by atoms with Gasteiger partial charge in [-0.05, 0) is 47.9 Å². The second-order valence-electron chi connectivity index (χ2n) is 7.68. The Hall–Kier alpha value is -2.74. The van der Waals surface area contributed by atoms with Crippen molar-refractivity contribution < 1.29 is 13.2 Å². The van der Waals surface area contributed by atoms with Crippen LogP contribution in [0.25, 0.3) is 0 Å². The number of aryl methyl sites for hydroxylation is 1. The number of benzene rings is 2. The Bertz CT molecular complexity index is 1210. The summed E-state index contributed by atoms with van der Waals surface area (Å²) in [6, 6.07) is 16.0. The fraction of sp³-hybridized carbons (Fsp3) is 0.280. The molecule has 6 nitrogen and oxygen atoms in total. The average Bonchev–Trinajstić information content (AvgIpc) is 2.81. The highest BCUT2D eigenvalue weighted by Crippen LogP contribution is 2.27. The summed E-state index contributed by atoms with van der Waals surface area (Å²) >= 11 is 6.26. The minimum atomic E-state index is -3.82. The molecule has 1 heterocycles. The van der Waals surface area contributed by atoms with Crippen molar-refractivity contribution in [2.75, 3.05) is 13.1 Å². The van der Waals surface area contributed by atoms with E-state index in [1.54, 1.807) is 37.2 Å². The molecule has 3 aromatic rings. The van der Waals surface area contributed by atoms with Gasteiger partial charge in [-0.25, -0.2) is 8.42 Å². The van der Waals surface area contributed by atoms with Crippen molar-refractivity contribution in [3.63, 3.8) is 0 Å². The van der Waals surface area contributed by atoms with Crippen LogP contribution in [0.4, 0.5) is 0 Å². The van der Waals surface area contributed by atoms with Crippen LogP contribution in [0.3, 0.4) is 0 Å². The smallest absolute Gasteiger partial charge is 0.254 e. The summed E-state index contributed by atoms with van der Waals surface area (Å²) in [7, 11) is -3.82. The number of carbonyl (C=O) groups is 1. The van der Waals surface area contributed by atoms with Crippen molar-refractivity contribution in [2.24, 2.45) is 0 Å². The molecule has 0 aliphatic carbocycles. The molecular weight excluding hydrogens is 458 g/mol. The lowest BCUT2D eigenvalue weighted by atomic mass is 10.1. The lowest BCUT2D eigenvalue weighted by molar-refractivity contribution is 0.0729. The van der Waals surface area contributed by atoms with Crippen LogP contribution in [-0.4, -0.2) is 41.6 Å². The van der Waals surface area contributed by atoms with Gasteiger partial charge in [0.1, 0.15) is 4.90 Å². The third kappa shape index (κ3) is 5.79. The second-order valence-corrected chi connectivity index (χ2v) is 10.00. The van der Waals surface area contributed by atoms with E-state index < -0.39 is 10.0 Å². The summed E-state index contributed by atoms with van der Waals surface area (Å²) in [5, 5.41) is 0.0937. The maximum atomic E-state index is 13.6. The summed E-state index contributed by atoms with van der Waals surface area (Å²) in [4.78, 5) is 19.4. The summed E-state index contributed by atoms with van der Waals surface area (Å²) in [6.45, 7) is 6.87. The molecule has 0 saturated heterocycles. The molecular formula is C25H28ClN3O3S. The Balaban J connectivity index is 2.01. The molecule has 3 rings (SSSR count). The highest BCUT2D eigenvalue weighted by Gasteiger charge is 2.27. The Morgan fingerprint density at radius 2 is 1.73 bits per heavy atom. The van der Waals surface area contributed by atoms with Gasteiger partial charge in [-0.3, -0.25) is 9.78 Å². The third-order valence-electron chi connectivity index (χ3n) is 5.51. The zero-order valence-corrected chi connectivity index (χ0v) is 20.6. The molecule has 0 bridgehead atoms. The zero-order valence-electron chi connectivity index (χ0n) is 19.0. The average molecular weight is 486 g/mol. The zero-order chi connectivity index (χ0) is 24.0. The Morgan fingerprint density at radius 3 is 2.36 bits per heavy atom. The predicted octanol–water partition coefficient (Wildman–Crippen LogP) is 4.92. The molecule has 0 spiro atoms. The third-order valence-corrected chi connectivity index (χ3v) is 8.04. The summed E-state index contributed by atoms with van der Waals surface area (Å²) in [5.41, 5.74) is 3.23. The molecule has 8 heteroatoms. The molecule has 0 saturated carbocycles. The molecule has 1 aromatic heterocycles. The van der Waals surface area contributed by atoms with E-state index in [0.717, 1.165) is 16.7 Å². The normalized spacial score (nSPS) is 11.5. The van der Waals surface area contributed by atoms with Crippen molar-refractivity contribution in [2.45, 2.75) is 38.8 Å². The predicted molar refractivity (Wildman–Crippen MR) is 131 cm³/mol. The van der Waals surface area contributed by atoms with Crippen molar-refractivity contribution in [3.05, 3.63) is 94.3 Å². The first-order chi connectivity index (χ1) is 15.8. The van der Waals surface area contributed by atoms with Gasteiger partial charge < -0.3 is 4.90 Å². The number of aromatic nitrogens is 1. The maximum absolute atomic E-state index is 13.6. The van der Waals surface area contributed by atoms with Crippen molar-refractivity contribution in [3.8, 4) is 0 Å². The van der Waals surface area contributed by atoms with Crippen LogP contribution in [0.15, 0.2) is 71.9 Å². The number of sulfonamides is 1. The van der Waals surface area contributed by atoms with Gasteiger partial charge in [-0.15, -0.1) is 0 Å². The number of halogens is 1. The van der Waals surface area contributed by atoms with Crippen LogP contribution < -0.4 is 0 Å². The van der Waals surface area contributed by atoms with Gasteiger partial charge in [0.15, 0.2) is 0 Å². The van der Waals surface area contributed by atoms with E-state index >= 15 is 0 Å². The van der Waals surface area contributed by atoms with E-state index in [-0.39, 0.29) is 21.4 Å². The minimum absolute atomic E-state index is 0.0593. The van der Waals surface area contributed by atoms with Crippen LogP contribution >= 0.6 is 11.6 Å². The number of pyridine rings is 1. The number of nitrogens with zero attached hydrogens (tertiary/aromatic N) is 3. The summed E-state index contributed by atoms with van der Waals surface area (Å²) < 4.78 is 27.5. The Kier molecular flexibility index (Phi) is 8.24. The van der Waals surface area contributed by atoms with Crippen LogP contribution in [0.1, 0.15) is 40.9 Å². The van der Waals surface area contributed by atoms with Gasteiger partial charge in [0.25, 0.3) is 5.91 Å². The van der Waals surface area contributed by atoms with Crippen molar-refractivity contribution in [1.29, 1.82) is 0 Å². The largest absolute Gasteiger partial charge is 0.330 e. The van der Waals surface area contributed by atoms with E-state index in [1.807, 2.05) is 43.3 Å². The van der Waals surface area contributed by atoms with Gasteiger partial charge in [0, 0.05) is 44.1 Å². The lowest BCUT2D eigenvalue weighted by Gasteiger charge is -2.25. The van der Waals surface area contributed by atoms with Crippen molar-refractivity contribution in [1.82, 2.24) is 14.2 Å². The van der Waals surface area contributed by atoms with E-state index in [1.165, 1.54) is 16.4 Å². The minimum Gasteiger partial charge on any atom is -0.330 e. The molecule has 0 atom stereocenters. The van der Waals surface area contributed by atoms with Gasteiger partial charge in [-0.1, -0.05) is 55.8 Å². The van der Waals surface area contributed by atoms with Gasteiger partial charge in [-0.2, -0.15) is 4.31 Å². The highest BCUT2D eigenvalue weighted by atomic mass is 35.5. The standard InChI is InChI=1S/C25H28ClN3O3S/c1-4-29(5-2)33(31,32)24-15-21(12-13-23(24)26)25(30)28(17-20-10-8-14-27-16-20)18-22-11-7-6-9-19(22)3/h6-16H,4-5,17-18H2,1-3H3. The van der Waals surface area contributed by atoms with E-state index in [0.29, 0.717) is 26.2 Å². The monoisotopic (exact) mass is 485 g/mol. The number of rotatable bonds is 9. The molecule has 0 radical (unpaired) electrons. The highest BCUT2D eigenvalue weighted by molar-refractivity contribution is 7.89. The summed E-state index contributed by atoms with van der Waals surface area (Å²) in [5.74, 6) is -0.283. The van der Waals surface area contributed by atoms with E-state index in [2.05, 4.69) is 4.98 Å². The maximum Gasteiger partial charge on any atom is 0.254 e. The Labute approximate surface area is 200 Å². The van der Waals surface area contributed by atoms with Crippen LogP contribution in [-0.2, 0) is 23.1 Å². The SMILES string of the molecule is CCN(CC)S(=O)(=O)c1cc(C(=O)N(Cc2cccnc2)Cc2ccccc2C)ccc1Cl. The molecule has 1 amide bonds. The first kappa shape index (κ1) is 24.9. The fourth-order valence-corrected chi connectivity index (χ4v) is 5.58. The first-order valence-electron chi connectivity index (χ1n) is 10.8. The van der Waals surface area contributed by atoms with Gasteiger partial charge in [0.05, 0.1) is 5.02 Å². The van der Waals surface area contributed by atoms with E-state index in [9.17, 15) is 13.2 Å². The molecule has 0 aliphatic rings. The lowest BCUT2D eigenvalue weighted by Crippen LogP contribution is -2.32. The number of hydrogen-bond acceptors (Lipinski definition) is 4. The van der Waals surface area contributed by atoms with Gasteiger partial charge in [0.2, 0.25) is 10.0 Å². The number of amides is 1. The molecule has 0 fully saturated rings. The quantitative estimate of drug-likeness (QED) is 0.431. The Morgan fingerprint density at radius 1 is 1.00 bits per heavy atom. The molecule has 33 heavy (non-hydrogen) atoms.